The van der Waals surface area contributed by atoms with Gasteiger partial charge in [0, 0.05) is 36.1 Å². The highest BCUT2D eigenvalue weighted by Gasteiger charge is 2.29. The number of benzene rings is 2. The van der Waals surface area contributed by atoms with Gasteiger partial charge in [0.2, 0.25) is 5.91 Å². The summed E-state index contributed by atoms with van der Waals surface area (Å²) in [5, 5.41) is 5.84. The molecule has 0 saturated heterocycles. The predicted molar refractivity (Wildman–Crippen MR) is 140 cm³/mol. The molecule has 10 heteroatoms. The number of carbonyl (C=O) groups is 2. The van der Waals surface area contributed by atoms with Crippen LogP contribution in [0.1, 0.15) is 53.5 Å². The van der Waals surface area contributed by atoms with Gasteiger partial charge in [-0.1, -0.05) is 12.1 Å². The largest absolute Gasteiger partial charge is 0.496 e. The smallest absolute Gasteiger partial charge is 0.326 e. The number of carbonyl (C=O) groups excluding carboxylic acids is 2. The van der Waals surface area contributed by atoms with Crippen LogP contribution in [0.25, 0.3) is 11.0 Å². The third kappa shape index (κ3) is 5.00. The second-order valence-corrected chi connectivity index (χ2v) is 9.40. The van der Waals surface area contributed by atoms with Crippen LogP contribution in [0.4, 0.5) is 5.69 Å². The van der Waals surface area contributed by atoms with Crippen molar-refractivity contribution < 1.29 is 14.3 Å². The molecule has 37 heavy (non-hydrogen) atoms. The Labute approximate surface area is 213 Å². The van der Waals surface area contributed by atoms with Crippen molar-refractivity contribution in [2.75, 3.05) is 12.4 Å². The van der Waals surface area contributed by atoms with Gasteiger partial charge in [0.15, 0.2) is 0 Å². The number of fused-ring (bicyclic) bond motifs is 1. The van der Waals surface area contributed by atoms with Gasteiger partial charge in [-0.25, -0.2) is 9.78 Å². The minimum atomic E-state index is -0.288. The fourth-order valence-corrected chi connectivity index (χ4v) is 5.09. The van der Waals surface area contributed by atoms with E-state index < -0.39 is 0 Å². The van der Waals surface area contributed by atoms with E-state index in [4.69, 9.17) is 4.74 Å². The van der Waals surface area contributed by atoms with Crippen LogP contribution in [0.2, 0.25) is 0 Å². The summed E-state index contributed by atoms with van der Waals surface area (Å²) < 4.78 is 7.09. The number of hydrogen-bond acceptors (Lipinski definition) is 5. The number of imidazole rings is 2. The summed E-state index contributed by atoms with van der Waals surface area (Å²) in [5.74, 6) is 0.935. The highest BCUT2D eigenvalue weighted by molar-refractivity contribution is 6.04. The van der Waals surface area contributed by atoms with Gasteiger partial charge in [0.1, 0.15) is 11.6 Å². The number of aromatic nitrogens is 4. The molecule has 1 aliphatic rings. The van der Waals surface area contributed by atoms with Gasteiger partial charge in [-0.05, 0) is 56.4 Å². The minimum Gasteiger partial charge on any atom is -0.496 e. The van der Waals surface area contributed by atoms with E-state index in [-0.39, 0.29) is 36.0 Å². The number of amides is 2. The van der Waals surface area contributed by atoms with Crippen LogP contribution in [-0.4, -0.2) is 38.4 Å². The fraction of sp³-hybridized carbons (Fsp3) is 0.333. The molecule has 0 unspecified atom stereocenters. The molecule has 4 N–H and O–H groups in total. The first kappa shape index (κ1) is 24.4. The van der Waals surface area contributed by atoms with E-state index in [0.717, 1.165) is 11.3 Å². The minimum absolute atomic E-state index is 0.0221. The van der Waals surface area contributed by atoms with Gasteiger partial charge < -0.3 is 25.3 Å². The molecule has 2 amide bonds. The third-order valence-electron chi connectivity index (χ3n) is 7.08. The average molecular weight is 503 g/mol. The number of H-pyrrole nitrogens is 2. The lowest BCUT2D eigenvalue weighted by Crippen LogP contribution is -2.31. The van der Waals surface area contributed by atoms with Gasteiger partial charge in [-0.3, -0.25) is 14.2 Å². The molecule has 0 spiro atoms. The summed E-state index contributed by atoms with van der Waals surface area (Å²) in [6.07, 6.45) is 6.04. The zero-order valence-corrected chi connectivity index (χ0v) is 20.8. The van der Waals surface area contributed by atoms with Crippen molar-refractivity contribution in [2.45, 2.75) is 45.2 Å². The Kier molecular flexibility index (Phi) is 6.80. The Hall–Kier alpha value is -4.34. The first-order chi connectivity index (χ1) is 17.9. The fourth-order valence-electron chi connectivity index (χ4n) is 5.09. The lowest BCUT2D eigenvalue weighted by molar-refractivity contribution is -0.121. The van der Waals surface area contributed by atoms with Crippen molar-refractivity contribution in [3.8, 4) is 5.75 Å². The monoisotopic (exact) mass is 502 g/mol. The van der Waals surface area contributed by atoms with Crippen LogP contribution in [-0.2, 0) is 11.3 Å². The quantitative estimate of drug-likeness (QED) is 0.306. The molecule has 5 rings (SSSR count). The van der Waals surface area contributed by atoms with E-state index in [1.165, 1.54) is 0 Å². The molecular formula is C27H30N6O4. The summed E-state index contributed by atoms with van der Waals surface area (Å²) >= 11 is 0. The van der Waals surface area contributed by atoms with Gasteiger partial charge in [0.05, 0.1) is 30.3 Å². The first-order valence-electron chi connectivity index (χ1n) is 12.4. The van der Waals surface area contributed by atoms with E-state index in [2.05, 4.69) is 25.6 Å². The number of anilines is 1. The first-order valence-corrected chi connectivity index (χ1v) is 12.4. The number of nitrogens with one attached hydrogen (secondary N) is 4. The van der Waals surface area contributed by atoms with Crippen molar-refractivity contribution in [1.82, 2.24) is 24.8 Å². The van der Waals surface area contributed by atoms with Crippen molar-refractivity contribution in [1.29, 1.82) is 0 Å². The van der Waals surface area contributed by atoms with E-state index >= 15 is 0 Å². The SMILES string of the molecule is COc1cc(NC(=O)C2CCC(n3c(=O)[nH]c4c(C(=O)NCc5ncc[nH]5)cccc43)CC2)ccc1C. The second kappa shape index (κ2) is 10.3. The zero-order valence-electron chi connectivity index (χ0n) is 20.8. The highest BCUT2D eigenvalue weighted by atomic mass is 16.5. The third-order valence-corrected chi connectivity index (χ3v) is 7.08. The van der Waals surface area contributed by atoms with Gasteiger partial charge in [-0.15, -0.1) is 0 Å². The van der Waals surface area contributed by atoms with E-state index in [9.17, 15) is 14.4 Å². The van der Waals surface area contributed by atoms with Gasteiger partial charge >= 0.3 is 5.69 Å². The molecule has 0 atom stereocenters. The number of methoxy groups -OCH3 is 1. The molecule has 1 aliphatic carbocycles. The summed E-state index contributed by atoms with van der Waals surface area (Å²) in [6, 6.07) is 10.9. The average Bonchev–Trinajstić information content (AvgIpc) is 3.55. The van der Waals surface area contributed by atoms with Crippen molar-refractivity contribution >= 4 is 28.5 Å². The van der Waals surface area contributed by atoms with E-state index in [0.29, 0.717) is 53.8 Å². The highest BCUT2D eigenvalue weighted by Crippen LogP contribution is 2.34. The number of para-hydroxylation sites is 1. The molecule has 2 aromatic heterocycles. The standard InChI is InChI=1S/C27H30N6O4/c1-16-6-9-18(14-22(16)37-2)31-25(34)17-7-10-19(11-8-17)33-21-5-3-4-20(24(21)32-27(33)36)26(35)30-15-23-28-12-13-29-23/h3-6,9,12-14,17,19H,7-8,10-11,15H2,1-2H3,(H,28,29)(H,30,35)(H,31,34)(H,32,36). The summed E-state index contributed by atoms with van der Waals surface area (Å²) in [4.78, 5) is 48.7. The molecule has 4 aromatic rings. The second-order valence-electron chi connectivity index (χ2n) is 9.40. The molecule has 1 saturated carbocycles. The number of rotatable bonds is 7. The molecule has 10 nitrogen and oxygen atoms in total. The molecule has 0 aliphatic heterocycles. The Morgan fingerprint density at radius 3 is 2.70 bits per heavy atom. The Balaban J connectivity index is 1.27. The summed E-state index contributed by atoms with van der Waals surface area (Å²) in [5.41, 5.74) is 3.07. The lowest BCUT2D eigenvalue weighted by Gasteiger charge is -2.28. The predicted octanol–water partition coefficient (Wildman–Crippen LogP) is 3.67. The Morgan fingerprint density at radius 1 is 1.16 bits per heavy atom. The van der Waals surface area contributed by atoms with Crippen molar-refractivity contribution in [3.63, 3.8) is 0 Å². The Morgan fingerprint density at radius 2 is 1.97 bits per heavy atom. The number of nitrogens with zero attached hydrogens (tertiary/aromatic N) is 2. The van der Waals surface area contributed by atoms with Crippen molar-refractivity contribution in [3.05, 3.63) is 76.2 Å². The molecule has 1 fully saturated rings. The van der Waals surface area contributed by atoms with E-state index in [1.54, 1.807) is 36.2 Å². The van der Waals surface area contributed by atoms with Crippen molar-refractivity contribution in [2.24, 2.45) is 5.92 Å². The molecular weight excluding hydrogens is 472 g/mol. The molecule has 0 bridgehead atoms. The zero-order chi connectivity index (χ0) is 25.9. The number of hydrogen-bond donors (Lipinski definition) is 4. The lowest BCUT2D eigenvalue weighted by atomic mass is 9.85. The van der Waals surface area contributed by atoms with Crippen LogP contribution >= 0.6 is 0 Å². The number of ether oxygens (including phenoxy) is 1. The molecule has 192 valence electrons. The van der Waals surface area contributed by atoms with Crippen LogP contribution in [0.5, 0.6) is 5.75 Å². The maximum absolute atomic E-state index is 13.0. The number of aromatic amines is 2. The van der Waals surface area contributed by atoms with Crippen LogP contribution < -0.4 is 21.1 Å². The molecule has 2 aromatic carbocycles. The maximum atomic E-state index is 13.0. The molecule has 0 radical (unpaired) electrons. The normalized spacial score (nSPS) is 17.5. The van der Waals surface area contributed by atoms with Gasteiger partial charge in [0.25, 0.3) is 5.91 Å². The van der Waals surface area contributed by atoms with Crippen LogP contribution in [0, 0.1) is 12.8 Å². The van der Waals surface area contributed by atoms with E-state index in [1.807, 2.05) is 31.2 Å². The van der Waals surface area contributed by atoms with Crippen LogP contribution in [0.15, 0.2) is 53.6 Å². The summed E-state index contributed by atoms with van der Waals surface area (Å²) in [7, 11) is 1.61. The number of aryl methyl sites for hydroxylation is 1. The maximum Gasteiger partial charge on any atom is 0.326 e. The summed E-state index contributed by atoms with van der Waals surface area (Å²) in [6.45, 7) is 2.21. The molecule has 2 heterocycles. The topological polar surface area (TPSA) is 134 Å². The Bertz CT molecular complexity index is 1480. The van der Waals surface area contributed by atoms with Gasteiger partial charge in [-0.2, -0.15) is 0 Å². The van der Waals surface area contributed by atoms with Crippen LogP contribution in [0.3, 0.4) is 0 Å².